The molecule has 2 aromatic carbocycles. The number of methoxy groups -OCH3 is 1. The van der Waals surface area contributed by atoms with Gasteiger partial charge in [-0.2, -0.15) is 5.10 Å². The van der Waals surface area contributed by atoms with Gasteiger partial charge in [0, 0.05) is 24.0 Å². The highest BCUT2D eigenvalue weighted by Gasteiger charge is 2.44. The monoisotopic (exact) mass is 437 g/mol. The van der Waals surface area contributed by atoms with Gasteiger partial charge in [0.25, 0.3) is 5.92 Å². The van der Waals surface area contributed by atoms with E-state index in [1.807, 2.05) is 18.2 Å². The maximum atomic E-state index is 13.2. The zero-order chi connectivity index (χ0) is 22.7. The molecule has 32 heavy (non-hydrogen) atoms. The van der Waals surface area contributed by atoms with E-state index in [0.29, 0.717) is 28.5 Å². The van der Waals surface area contributed by atoms with Gasteiger partial charge in [-0.25, -0.2) is 18.5 Å². The third-order valence-corrected chi connectivity index (χ3v) is 4.93. The Morgan fingerprint density at radius 2 is 1.94 bits per heavy atom. The number of allylic oxidation sites excluding steroid dienone is 1. The Kier molecular flexibility index (Phi) is 5.72. The molecule has 164 valence electrons. The highest BCUT2D eigenvalue weighted by atomic mass is 19.3. The molecule has 1 aliphatic rings. The van der Waals surface area contributed by atoms with Crippen LogP contribution in [0, 0.1) is 0 Å². The van der Waals surface area contributed by atoms with E-state index in [-0.39, 0.29) is 24.2 Å². The van der Waals surface area contributed by atoms with Crippen molar-refractivity contribution < 1.29 is 13.5 Å². The van der Waals surface area contributed by atoms with Gasteiger partial charge in [0.15, 0.2) is 5.69 Å². The lowest BCUT2D eigenvalue weighted by Crippen LogP contribution is -2.56. The van der Waals surface area contributed by atoms with Crippen molar-refractivity contribution in [2.45, 2.75) is 5.92 Å². The molecule has 0 unspecified atom stereocenters. The summed E-state index contributed by atoms with van der Waals surface area (Å²) in [5, 5.41) is 4.45. The molecule has 3 aromatic rings. The SMILES string of the molecule is COc1cc(N2CC(F)(F)C2)ccc1-n1ccc(=O)c(C(C=CN)=Nc2ccccc2)n1. The van der Waals surface area contributed by atoms with E-state index in [2.05, 4.69) is 10.1 Å². The van der Waals surface area contributed by atoms with E-state index < -0.39 is 5.92 Å². The Hall–Kier alpha value is -4.01. The summed E-state index contributed by atoms with van der Waals surface area (Å²) < 4.78 is 33.4. The second-order valence-corrected chi connectivity index (χ2v) is 7.23. The van der Waals surface area contributed by atoms with Crippen LogP contribution in [-0.2, 0) is 0 Å². The van der Waals surface area contributed by atoms with Crippen molar-refractivity contribution in [3.8, 4) is 11.4 Å². The summed E-state index contributed by atoms with van der Waals surface area (Å²) in [6, 6.07) is 15.6. The number of nitrogens with two attached hydrogens (primary N) is 1. The van der Waals surface area contributed by atoms with Crippen LogP contribution in [0.4, 0.5) is 20.2 Å². The number of ether oxygens (including phenoxy) is 1. The first-order chi connectivity index (χ1) is 15.4. The Balaban J connectivity index is 1.74. The molecular formula is C23H21F2N5O2. The molecule has 0 radical (unpaired) electrons. The molecule has 9 heteroatoms. The fraction of sp³-hybridized carbons (Fsp3) is 0.174. The van der Waals surface area contributed by atoms with E-state index in [9.17, 15) is 13.6 Å². The molecule has 0 amide bonds. The molecule has 1 saturated heterocycles. The number of hydrogen-bond donors (Lipinski definition) is 1. The largest absolute Gasteiger partial charge is 0.494 e. The number of rotatable bonds is 6. The van der Waals surface area contributed by atoms with Crippen molar-refractivity contribution in [2.24, 2.45) is 10.7 Å². The van der Waals surface area contributed by atoms with Crippen LogP contribution < -0.4 is 20.8 Å². The number of benzene rings is 2. The lowest BCUT2D eigenvalue weighted by Gasteiger charge is -2.40. The number of aromatic nitrogens is 2. The van der Waals surface area contributed by atoms with Crippen LogP contribution in [0.3, 0.4) is 0 Å². The molecule has 0 aliphatic carbocycles. The smallest absolute Gasteiger partial charge is 0.282 e. The van der Waals surface area contributed by atoms with Crippen LogP contribution in [-0.4, -0.2) is 41.6 Å². The fourth-order valence-electron chi connectivity index (χ4n) is 3.37. The van der Waals surface area contributed by atoms with Gasteiger partial charge >= 0.3 is 0 Å². The lowest BCUT2D eigenvalue weighted by molar-refractivity contribution is -0.0262. The zero-order valence-electron chi connectivity index (χ0n) is 17.3. The second kappa shape index (κ2) is 8.62. The first-order valence-electron chi connectivity index (χ1n) is 9.84. The predicted molar refractivity (Wildman–Crippen MR) is 120 cm³/mol. The number of para-hydroxylation sites is 1. The maximum Gasteiger partial charge on any atom is 0.282 e. The standard InChI is InChI=1S/C23H21F2N5O2/c1-32-21-13-17(29-14-23(24,25)15-29)7-8-19(21)30-12-10-20(31)22(28-30)18(9-11-26)27-16-5-3-2-4-6-16/h2-13H,14-15,26H2,1H3. The lowest BCUT2D eigenvalue weighted by atomic mass is 10.1. The number of halogens is 2. The fourth-order valence-corrected chi connectivity index (χ4v) is 3.37. The molecular weight excluding hydrogens is 416 g/mol. The predicted octanol–water partition coefficient (Wildman–Crippen LogP) is 3.29. The molecule has 1 aliphatic heterocycles. The molecule has 7 nitrogen and oxygen atoms in total. The minimum Gasteiger partial charge on any atom is -0.494 e. The van der Waals surface area contributed by atoms with Crippen molar-refractivity contribution in [2.75, 3.05) is 25.1 Å². The van der Waals surface area contributed by atoms with E-state index >= 15 is 0 Å². The van der Waals surface area contributed by atoms with Crippen LogP contribution >= 0.6 is 0 Å². The van der Waals surface area contributed by atoms with Crippen molar-refractivity contribution in [1.29, 1.82) is 0 Å². The zero-order valence-corrected chi connectivity index (χ0v) is 17.3. The van der Waals surface area contributed by atoms with Gasteiger partial charge in [-0.1, -0.05) is 18.2 Å². The van der Waals surface area contributed by atoms with Crippen LogP contribution in [0.15, 0.2) is 82.9 Å². The van der Waals surface area contributed by atoms with Crippen molar-refractivity contribution in [1.82, 2.24) is 9.78 Å². The Morgan fingerprint density at radius 1 is 1.19 bits per heavy atom. The van der Waals surface area contributed by atoms with Gasteiger partial charge in [-0.05, 0) is 36.5 Å². The summed E-state index contributed by atoms with van der Waals surface area (Å²) in [4.78, 5) is 18.6. The first kappa shape index (κ1) is 21.2. The number of anilines is 1. The van der Waals surface area contributed by atoms with Gasteiger partial charge in [0.1, 0.15) is 11.4 Å². The maximum absolute atomic E-state index is 13.2. The van der Waals surface area contributed by atoms with Crippen LogP contribution in [0.5, 0.6) is 5.75 Å². The number of nitrogens with zero attached hydrogens (tertiary/aromatic N) is 4. The van der Waals surface area contributed by atoms with Gasteiger partial charge in [-0.3, -0.25) is 4.79 Å². The Morgan fingerprint density at radius 3 is 2.59 bits per heavy atom. The van der Waals surface area contributed by atoms with Crippen molar-refractivity contribution in [3.63, 3.8) is 0 Å². The second-order valence-electron chi connectivity index (χ2n) is 7.23. The van der Waals surface area contributed by atoms with Gasteiger partial charge in [-0.15, -0.1) is 0 Å². The highest BCUT2D eigenvalue weighted by molar-refractivity contribution is 6.08. The normalized spacial score (nSPS) is 15.6. The van der Waals surface area contributed by atoms with Crippen LogP contribution in [0.2, 0.25) is 0 Å². The molecule has 0 atom stereocenters. The molecule has 1 aromatic heterocycles. The van der Waals surface area contributed by atoms with Gasteiger partial charge in [0.05, 0.1) is 31.6 Å². The minimum atomic E-state index is -2.67. The number of alkyl halides is 2. The summed E-state index contributed by atoms with van der Waals surface area (Å²) in [5.74, 6) is -2.25. The summed E-state index contributed by atoms with van der Waals surface area (Å²) in [6.45, 7) is -0.665. The summed E-state index contributed by atoms with van der Waals surface area (Å²) >= 11 is 0. The summed E-state index contributed by atoms with van der Waals surface area (Å²) in [6.07, 6.45) is 4.30. The van der Waals surface area contributed by atoms with E-state index in [4.69, 9.17) is 10.5 Å². The van der Waals surface area contributed by atoms with E-state index in [1.54, 1.807) is 35.2 Å². The van der Waals surface area contributed by atoms with Crippen molar-refractivity contribution >= 4 is 17.1 Å². The van der Waals surface area contributed by atoms with E-state index in [0.717, 1.165) is 0 Å². The molecule has 4 rings (SSSR count). The molecule has 1 fully saturated rings. The minimum absolute atomic E-state index is 0.103. The third kappa shape index (κ3) is 4.36. The number of hydrogen-bond acceptors (Lipinski definition) is 6. The Labute approximate surface area is 183 Å². The third-order valence-electron chi connectivity index (χ3n) is 4.93. The van der Waals surface area contributed by atoms with Gasteiger partial charge in [0.2, 0.25) is 5.43 Å². The number of aliphatic imine (C=N–C) groups is 1. The first-order valence-corrected chi connectivity index (χ1v) is 9.84. The molecule has 2 N–H and O–H groups in total. The average Bonchev–Trinajstić information content (AvgIpc) is 2.78. The topological polar surface area (TPSA) is 85.7 Å². The summed E-state index contributed by atoms with van der Waals surface area (Å²) in [5.41, 5.74) is 7.46. The quantitative estimate of drug-likeness (QED) is 0.598. The molecule has 0 bridgehead atoms. The summed E-state index contributed by atoms with van der Waals surface area (Å²) in [7, 11) is 1.48. The molecule has 0 saturated carbocycles. The van der Waals surface area contributed by atoms with E-state index in [1.165, 1.54) is 36.3 Å². The van der Waals surface area contributed by atoms with Crippen LogP contribution in [0.1, 0.15) is 5.69 Å². The van der Waals surface area contributed by atoms with Gasteiger partial charge < -0.3 is 15.4 Å². The highest BCUT2D eigenvalue weighted by Crippen LogP contribution is 2.35. The average molecular weight is 437 g/mol. The molecule has 0 spiro atoms. The van der Waals surface area contributed by atoms with Crippen molar-refractivity contribution in [3.05, 3.63) is 89.0 Å². The van der Waals surface area contributed by atoms with Crippen LogP contribution in [0.25, 0.3) is 5.69 Å². The molecule has 2 heterocycles. The Bertz CT molecular complexity index is 1230.